The van der Waals surface area contributed by atoms with Gasteiger partial charge in [0.25, 0.3) is 5.78 Å². The summed E-state index contributed by atoms with van der Waals surface area (Å²) >= 11 is 0. The summed E-state index contributed by atoms with van der Waals surface area (Å²) in [6, 6.07) is 2.91. The Morgan fingerprint density at radius 3 is 2.35 bits per heavy atom. The number of hydrogen-bond donors (Lipinski definition) is 4. The number of anilines is 2. The molecule has 1 aromatic rings. The van der Waals surface area contributed by atoms with Crippen molar-refractivity contribution in [2.45, 2.75) is 6.92 Å². The minimum atomic E-state index is -1.65. The SMILES string of the molecule is Cc1c(N)cc(N)cc1/C(O)=C/C(=O)C(=O)O. The summed E-state index contributed by atoms with van der Waals surface area (Å²) in [6.45, 7) is 1.62. The molecule has 0 saturated heterocycles. The second-order valence-electron chi connectivity index (χ2n) is 3.48. The number of rotatable bonds is 3. The number of carbonyl (C=O) groups is 2. The van der Waals surface area contributed by atoms with E-state index >= 15 is 0 Å². The van der Waals surface area contributed by atoms with Crippen molar-refractivity contribution < 1.29 is 19.8 Å². The molecule has 0 unspecified atom stereocenters. The van der Waals surface area contributed by atoms with Gasteiger partial charge in [0, 0.05) is 23.0 Å². The predicted octanol–water partition coefficient (Wildman–Crippen LogP) is 0.712. The van der Waals surface area contributed by atoms with Crippen molar-refractivity contribution in [1.82, 2.24) is 0 Å². The molecule has 0 aliphatic heterocycles. The first-order valence-electron chi connectivity index (χ1n) is 4.66. The number of carboxylic acids is 1. The van der Waals surface area contributed by atoms with Gasteiger partial charge in [-0.1, -0.05) is 0 Å². The normalized spacial score (nSPS) is 11.2. The Morgan fingerprint density at radius 1 is 1.24 bits per heavy atom. The van der Waals surface area contributed by atoms with E-state index in [0.717, 1.165) is 0 Å². The molecule has 0 fully saturated rings. The number of benzene rings is 1. The molecule has 6 nitrogen and oxygen atoms in total. The van der Waals surface area contributed by atoms with Gasteiger partial charge in [0.2, 0.25) is 0 Å². The maximum atomic E-state index is 10.9. The van der Waals surface area contributed by atoms with Gasteiger partial charge in [-0.25, -0.2) is 4.79 Å². The van der Waals surface area contributed by atoms with Gasteiger partial charge in [-0.15, -0.1) is 0 Å². The van der Waals surface area contributed by atoms with Gasteiger partial charge in [0.05, 0.1) is 0 Å². The summed E-state index contributed by atoms with van der Waals surface area (Å²) in [5, 5.41) is 18.0. The van der Waals surface area contributed by atoms with E-state index in [0.29, 0.717) is 23.0 Å². The van der Waals surface area contributed by atoms with Gasteiger partial charge in [-0.05, 0) is 24.6 Å². The molecule has 0 bridgehead atoms. The lowest BCUT2D eigenvalue weighted by molar-refractivity contribution is -0.146. The lowest BCUT2D eigenvalue weighted by atomic mass is 10.0. The Labute approximate surface area is 97.2 Å². The van der Waals surface area contributed by atoms with E-state index < -0.39 is 17.5 Å². The van der Waals surface area contributed by atoms with Crippen LogP contribution < -0.4 is 11.5 Å². The van der Waals surface area contributed by atoms with Crippen molar-refractivity contribution in [1.29, 1.82) is 0 Å². The molecule has 0 radical (unpaired) electrons. The van der Waals surface area contributed by atoms with Crippen LogP contribution in [-0.4, -0.2) is 22.0 Å². The minimum absolute atomic E-state index is 0.233. The lowest BCUT2D eigenvalue weighted by Gasteiger charge is -2.09. The summed E-state index contributed by atoms with van der Waals surface area (Å²) < 4.78 is 0. The summed E-state index contributed by atoms with van der Waals surface area (Å²) in [6.07, 6.45) is 0.615. The van der Waals surface area contributed by atoms with Gasteiger partial charge in [-0.2, -0.15) is 0 Å². The van der Waals surface area contributed by atoms with Gasteiger partial charge < -0.3 is 21.7 Å². The molecule has 6 N–H and O–H groups in total. The highest BCUT2D eigenvalue weighted by Gasteiger charge is 2.13. The number of hydrogen-bond acceptors (Lipinski definition) is 5. The van der Waals surface area contributed by atoms with Crippen molar-refractivity contribution in [3.63, 3.8) is 0 Å². The summed E-state index contributed by atoms with van der Waals surface area (Å²) in [4.78, 5) is 21.2. The third-order valence-corrected chi connectivity index (χ3v) is 2.22. The largest absolute Gasteiger partial charge is 0.507 e. The smallest absolute Gasteiger partial charge is 0.376 e. The highest BCUT2D eigenvalue weighted by atomic mass is 16.4. The Hall–Kier alpha value is -2.50. The van der Waals surface area contributed by atoms with Crippen LogP contribution in [-0.2, 0) is 9.59 Å². The van der Waals surface area contributed by atoms with E-state index in [4.69, 9.17) is 16.6 Å². The van der Waals surface area contributed by atoms with Crippen LogP contribution in [0.5, 0.6) is 0 Å². The third kappa shape index (κ3) is 2.75. The van der Waals surface area contributed by atoms with Crippen LogP contribution >= 0.6 is 0 Å². The molecule has 0 aliphatic carbocycles. The lowest BCUT2D eigenvalue weighted by Crippen LogP contribution is -2.10. The second-order valence-corrected chi connectivity index (χ2v) is 3.48. The Balaban J connectivity index is 3.25. The number of nitrogen functional groups attached to an aromatic ring is 2. The molecule has 0 aromatic heterocycles. The maximum Gasteiger partial charge on any atom is 0.376 e. The monoisotopic (exact) mass is 236 g/mol. The van der Waals surface area contributed by atoms with E-state index in [1.54, 1.807) is 6.92 Å². The number of carbonyl (C=O) groups excluding carboxylic acids is 1. The second kappa shape index (κ2) is 4.56. The van der Waals surface area contributed by atoms with Crippen LogP contribution in [0.15, 0.2) is 18.2 Å². The van der Waals surface area contributed by atoms with Crippen molar-refractivity contribution in [3.8, 4) is 0 Å². The number of aliphatic hydroxyl groups is 1. The Kier molecular flexibility index (Phi) is 3.37. The number of carboxylic acid groups (broad SMARTS) is 1. The summed E-state index contributed by atoms with van der Waals surface area (Å²) in [7, 11) is 0. The van der Waals surface area contributed by atoms with E-state index in [1.165, 1.54) is 12.1 Å². The zero-order valence-electron chi connectivity index (χ0n) is 9.10. The first-order valence-corrected chi connectivity index (χ1v) is 4.66. The standard InChI is InChI=1S/C11H12N2O4/c1-5-7(2-6(12)3-8(5)13)9(14)4-10(15)11(16)17/h2-4,14H,12-13H2,1H3,(H,16,17)/b9-4-. The van der Waals surface area contributed by atoms with Crippen LogP contribution in [0.1, 0.15) is 11.1 Å². The van der Waals surface area contributed by atoms with Crippen molar-refractivity contribution >= 4 is 28.9 Å². The molecule has 0 amide bonds. The van der Waals surface area contributed by atoms with Crippen LogP contribution in [0.3, 0.4) is 0 Å². The van der Waals surface area contributed by atoms with Crippen LogP contribution in [0.2, 0.25) is 0 Å². The third-order valence-electron chi connectivity index (χ3n) is 2.22. The van der Waals surface area contributed by atoms with Crippen molar-refractivity contribution in [3.05, 3.63) is 29.3 Å². The highest BCUT2D eigenvalue weighted by Crippen LogP contribution is 2.25. The number of aliphatic carboxylic acids is 1. The molecule has 0 aliphatic rings. The van der Waals surface area contributed by atoms with Gasteiger partial charge >= 0.3 is 5.97 Å². The molecule has 0 saturated carbocycles. The first kappa shape index (κ1) is 12.6. The summed E-state index contributed by atoms with van der Waals surface area (Å²) in [5.41, 5.74) is 12.6. The van der Waals surface area contributed by atoms with E-state index in [1.807, 2.05) is 0 Å². The van der Waals surface area contributed by atoms with E-state index in [9.17, 15) is 14.7 Å². The fraction of sp³-hybridized carbons (Fsp3) is 0.0909. The molecular weight excluding hydrogens is 224 g/mol. The predicted molar refractivity (Wildman–Crippen MR) is 63.3 cm³/mol. The molecule has 17 heavy (non-hydrogen) atoms. The zero-order chi connectivity index (χ0) is 13.2. The molecule has 0 atom stereocenters. The van der Waals surface area contributed by atoms with Crippen LogP contribution in [0.25, 0.3) is 5.76 Å². The fourth-order valence-corrected chi connectivity index (χ4v) is 1.29. The fourth-order valence-electron chi connectivity index (χ4n) is 1.29. The van der Waals surface area contributed by atoms with Crippen molar-refractivity contribution in [2.24, 2.45) is 0 Å². The average Bonchev–Trinajstić information content (AvgIpc) is 2.22. The maximum absolute atomic E-state index is 10.9. The van der Waals surface area contributed by atoms with Gasteiger partial charge in [-0.3, -0.25) is 4.79 Å². The van der Waals surface area contributed by atoms with E-state index in [2.05, 4.69) is 0 Å². The quantitative estimate of drug-likeness (QED) is 0.265. The minimum Gasteiger partial charge on any atom is -0.507 e. The highest BCUT2D eigenvalue weighted by molar-refractivity contribution is 6.38. The van der Waals surface area contributed by atoms with Gasteiger partial charge in [0.1, 0.15) is 5.76 Å². The van der Waals surface area contributed by atoms with Crippen molar-refractivity contribution in [2.75, 3.05) is 11.5 Å². The number of ketones is 1. The van der Waals surface area contributed by atoms with Crippen LogP contribution in [0.4, 0.5) is 11.4 Å². The van der Waals surface area contributed by atoms with Crippen LogP contribution in [0, 0.1) is 6.92 Å². The Bertz CT molecular complexity index is 520. The summed E-state index contributed by atoms with van der Waals surface area (Å²) in [5.74, 6) is -3.34. The topological polar surface area (TPSA) is 127 Å². The van der Waals surface area contributed by atoms with Gasteiger partial charge in [0.15, 0.2) is 0 Å². The average molecular weight is 236 g/mol. The molecule has 0 heterocycles. The molecule has 1 aromatic carbocycles. The molecular formula is C11H12N2O4. The molecule has 90 valence electrons. The Morgan fingerprint density at radius 2 is 1.82 bits per heavy atom. The zero-order valence-corrected chi connectivity index (χ0v) is 9.10. The molecule has 0 spiro atoms. The molecule has 6 heteroatoms. The first-order chi connectivity index (χ1) is 7.82. The van der Waals surface area contributed by atoms with E-state index in [-0.39, 0.29) is 5.56 Å². The number of aliphatic hydroxyl groups excluding tert-OH is 1. The number of nitrogens with two attached hydrogens (primary N) is 2. The molecule has 1 rings (SSSR count).